The largest absolute Gasteiger partial charge is 0.395 e. The van der Waals surface area contributed by atoms with Gasteiger partial charge in [-0.3, -0.25) is 18.9 Å². The van der Waals surface area contributed by atoms with E-state index in [2.05, 4.69) is 24.1 Å². The van der Waals surface area contributed by atoms with Crippen LogP contribution in [0.3, 0.4) is 0 Å². The van der Waals surface area contributed by atoms with Gasteiger partial charge in [-0.1, -0.05) is 63.2 Å². The maximum absolute atomic E-state index is 13.3. The maximum atomic E-state index is 13.3. The lowest BCUT2D eigenvalue weighted by molar-refractivity contribution is -0.122. The fraction of sp³-hybridized carbons (Fsp3) is 0.478. The summed E-state index contributed by atoms with van der Waals surface area (Å²) in [4.78, 5) is 33.1. The lowest BCUT2D eigenvalue weighted by atomic mass is 9.99. The van der Waals surface area contributed by atoms with Crippen LogP contribution < -0.4 is 10.9 Å². The number of nitrogens with one attached hydrogen (secondary N) is 1. The molecule has 3 rings (SSSR count). The highest BCUT2D eigenvalue weighted by Gasteiger charge is 2.33. The van der Waals surface area contributed by atoms with E-state index >= 15 is 0 Å². The van der Waals surface area contributed by atoms with Gasteiger partial charge >= 0.3 is 0 Å². The summed E-state index contributed by atoms with van der Waals surface area (Å²) in [5.74, 6) is 0.568. The van der Waals surface area contributed by atoms with Gasteiger partial charge < -0.3 is 10.4 Å². The van der Waals surface area contributed by atoms with E-state index in [-0.39, 0.29) is 30.2 Å². The van der Waals surface area contributed by atoms with Crippen molar-refractivity contribution in [2.24, 2.45) is 5.92 Å². The molecular weight excluding hydrogens is 444 g/mol. The summed E-state index contributed by atoms with van der Waals surface area (Å²) < 4.78 is 2.00. The van der Waals surface area contributed by atoms with E-state index in [0.29, 0.717) is 33.2 Å². The SMILES string of the molecule is CCCCC(CC)CN1C(=O)C(=Cc2c(NCCO)nc3ccc(C)cn3c2=O)SC1=S. The molecule has 7 nitrogen and oxygen atoms in total. The second-order valence-electron chi connectivity index (χ2n) is 7.97. The predicted molar refractivity (Wildman–Crippen MR) is 135 cm³/mol. The smallest absolute Gasteiger partial charge is 0.267 e. The number of aliphatic hydroxyl groups excluding tert-OH is 1. The summed E-state index contributed by atoms with van der Waals surface area (Å²) in [6.45, 7) is 6.93. The molecule has 1 amide bonds. The van der Waals surface area contributed by atoms with Gasteiger partial charge in [-0.2, -0.15) is 0 Å². The number of thioether (sulfide) groups is 1. The first-order valence-electron chi connectivity index (χ1n) is 11.0. The standard InChI is InChI=1S/C23H30N4O3S2/c1-4-6-7-16(5-2)14-27-22(30)18(32-23(27)31)12-17-20(24-10-11-28)25-19-9-8-15(3)13-26(19)21(17)29/h8-9,12-13,16,24,28H,4-7,10-11,14H2,1-3H3. The Bertz CT molecular complexity index is 1100. The lowest BCUT2D eigenvalue weighted by Gasteiger charge is -2.21. The van der Waals surface area contributed by atoms with Crippen LogP contribution in [0.2, 0.25) is 0 Å². The second kappa shape index (κ2) is 11.1. The van der Waals surface area contributed by atoms with Gasteiger partial charge in [-0.25, -0.2) is 4.98 Å². The Kier molecular flexibility index (Phi) is 8.44. The third-order valence-electron chi connectivity index (χ3n) is 5.54. The first-order chi connectivity index (χ1) is 15.4. The molecule has 3 heterocycles. The number of hydrogen-bond donors (Lipinski definition) is 2. The summed E-state index contributed by atoms with van der Waals surface area (Å²) in [6, 6.07) is 3.65. The predicted octanol–water partition coefficient (Wildman–Crippen LogP) is 3.82. The van der Waals surface area contributed by atoms with Gasteiger partial charge in [-0.15, -0.1) is 0 Å². The van der Waals surface area contributed by atoms with Crippen LogP contribution in [0.4, 0.5) is 5.82 Å². The number of amides is 1. The molecule has 9 heteroatoms. The lowest BCUT2D eigenvalue weighted by Crippen LogP contribution is -2.33. The zero-order valence-electron chi connectivity index (χ0n) is 18.8. The molecule has 1 aliphatic heterocycles. The Labute approximate surface area is 197 Å². The Morgan fingerprint density at radius 3 is 2.78 bits per heavy atom. The summed E-state index contributed by atoms with van der Waals surface area (Å²) in [7, 11) is 0. The molecule has 2 N–H and O–H groups in total. The van der Waals surface area contributed by atoms with Gasteiger partial charge in [0.05, 0.1) is 17.1 Å². The van der Waals surface area contributed by atoms with Gasteiger partial charge in [0.15, 0.2) is 0 Å². The Hall–Kier alpha value is -2.23. The van der Waals surface area contributed by atoms with Crippen LogP contribution in [-0.2, 0) is 4.79 Å². The minimum Gasteiger partial charge on any atom is -0.395 e. The van der Waals surface area contributed by atoms with Gasteiger partial charge in [0.1, 0.15) is 15.8 Å². The van der Waals surface area contributed by atoms with E-state index in [1.807, 2.05) is 13.0 Å². The van der Waals surface area contributed by atoms with Crippen LogP contribution in [0.5, 0.6) is 0 Å². The number of rotatable bonds is 10. The molecule has 2 aromatic rings. The molecule has 172 valence electrons. The van der Waals surface area contributed by atoms with Crippen molar-refractivity contribution in [2.45, 2.75) is 46.5 Å². The van der Waals surface area contributed by atoms with Crippen molar-refractivity contribution in [3.8, 4) is 0 Å². The van der Waals surface area contributed by atoms with Crippen LogP contribution in [0, 0.1) is 12.8 Å². The summed E-state index contributed by atoms with van der Waals surface area (Å²) in [6.07, 6.45) is 7.60. The van der Waals surface area contributed by atoms with E-state index < -0.39 is 0 Å². The van der Waals surface area contributed by atoms with Crippen molar-refractivity contribution < 1.29 is 9.90 Å². The van der Waals surface area contributed by atoms with Crippen molar-refractivity contribution in [3.05, 3.63) is 44.7 Å². The minimum absolute atomic E-state index is 0.104. The quantitative estimate of drug-likeness (QED) is 0.400. The summed E-state index contributed by atoms with van der Waals surface area (Å²) in [5.41, 5.74) is 1.42. The van der Waals surface area contributed by atoms with Crippen molar-refractivity contribution >= 4 is 51.7 Å². The minimum atomic E-state index is -0.279. The van der Waals surface area contributed by atoms with E-state index in [0.717, 1.165) is 31.2 Å². The number of unbranched alkanes of at least 4 members (excludes halogenated alkanes) is 1. The van der Waals surface area contributed by atoms with Gasteiger partial charge in [0, 0.05) is 19.3 Å². The molecular formula is C23H30N4O3S2. The summed E-state index contributed by atoms with van der Waals surface area (Å²) >= 11 is 6.72. The molecule has 1 unspecified atom stereocenters. The molecule has 0 bridgehead atoms. The fourth-order valence-electron chi connectivity index (χ4n) is 3.66. The van der Waals surface area contributed by atoms with Crippen LogP contribution in [0.1, 0.15) is 50.7 Å². The number of anilines is 1. The first-order valence-corrected chi connectivity index (χ1v) is 12.2. The highest BCUT2D eigenvalue weighted by Crippen LogP contribution is 2.34. The number of aryl methyl sites for hydroxylation is 1. The second-order valence-corrected chi connectivity index (χ2v) is 9.65. The Morgan fingerprint density at radius 1 is 1.31 bits per heavy atom. The number of pyridine rings is 1. The number of carbonyl (C=O) groups excluding carboxylic acids is 1. The zero-order chi connectivity index (χ0) is 23.3. The summed E-state index contributed by atoms with van der Waals surface area (Å²) in [5, 5.41) is 12.2. The normalized spacial score (nSPS) is 16.4. The topological polar surface area (TPSA) is 86.9 Å². The van der Waals surface area contributed by atoms with Crippen molar-refractivity contribution in [2.75, 3.05) is 25.0 Å². The number of fused-ring (bicyclic) bond motifs is 1. The van der Waals surface area contributed by atoms with Gasteiger partial charge in [-0.05, 0) is 37.0 Å². The van der Waals surface area contributed by atoms with Gasteiger partial charge in [0.25, 0.3) is 11.5 Å². The zero-order valence-corrected chi connectivity index (χ0v) is 20.4. The highest BCUT2D eigenvalue weighted by molar-refractivity contribution is 8.26. The monoisotopic (exact) mass is 474 g/mol. The number of aromatic nitrogens is 2. The Balaban J connectivity index is 1.98. The van der Waals surface area contributed by atoms with E-state index in [4.69, 9.17) is 12.2 Å². The first kappa shape index (κ1) is 24.4. The third-order valence-corrected chi connectivity index (χ3v) is 6.92. The molecule has 2 aromatic heterocycles. The average molecular weight is 475 g/mol. The average Bonchev–Trinajstić information content (AvgIpc) is 3.04. The fourth-order valence-corrected chi connectivity index (χ4v) is 4.92. The van der Waals surface area contributed by atoms with Gasteiger partial charge in [0.2, 0.25) is 0 Å². The molecule has 0 radical (unpaired) electrons. The van der Waals surface area contributed by atoms with E-state index in [1.54, 1.807) is 23.2 Å². The number of hydrogen-bond acceptors (Lipinski definition) is 7. The number of thiocarbonyl (C=S) groups is 1. The molecule has 1 atom stereocenters. The van der Waals surface area contributed by atoms with E-state index in [9.17, 15) is 14.7 Å². The van der Waals surface area contributed by atoms with Crippen LogP contribution in [-0.4, -0.2) is 49.3 Å². The van der Waals surface area contributed by atoms with Crippen LogP contribution in [0.25, 0.3) is 11.7 Å². The molecule has 0 aliphatic carbocycles. The maximum Gasteiger partial charge on any atom is 0.267 e. The van der Waals surface area contributed by atoms with Crippen molar-refractivity contribution in [1.82, 2.24) is 14.3 Å². The molecule has 32 heavy (non-hydrogen) atoms. The molecule has 1 saturated heterocycles. The van der Waals surface area contributed by atoms with E-state index in [1.165, 1.54) is 16.2 Å². The Morgan fingerprint density at radius 2 is 2.09 bits per heavy atom. The number of carbonyl (C=O) groups is 1. The molecule has 1 aliphatic rings. The molecule has 0 aromatic carbocycles. The highest BCUT2D eigenvalue weighted by atomic mass is 32.2. The van der Waals surface area contributed by atoms with Crippen molar-refractivity contribution in [1.29, 1.82) is 0 Å². The molecule has 1 fully saturated rings. The molecule has 0 saturated carbocycles. The van der Waals surface area contributed by atoms with Crippen LogP contribution >= 0.6 is 24.0 Å². The number of nitrogens with zero attached hydrogens (tertiary/aromatic N) is 3. The molecule has 0 spiro atoms. The van der Waals surface area contributed by atoms with Crippen molar-refractivity contribution in [3.63, 3.8) is 0 Å². The van der Waals surface area contributed by atoms with Crippen LogP contribution in [0.15, 0.2) is 28.0 Å². The third kappa shape index (κ3) is 5.39. The number of aliphatic hydroxyl groups is 1.